The molecule has 0 unspecified atom stereocenters. The smallest absolute Gasteiger partial charge is 0.313 e. The maximum Gasteiger partial charge on any atom is 0.313 e. The Balaban J connectivity index is 2.42. The monoisotopic (exact) mass is 274 g/mol. The minimum atomic E-state index is -0.632. The van der Waals surface area contributed by atoms with Crippen LogP contribution in [0.3, 0.4) is 0 Å². The molecular weight excluding hydrogens is 263 g/mol. The van der Waals surface area contributed by atoms with Crippen LogP contribution in [0.5, 0.6) is 5.75 Å². The number of hydrogen-bond donors (Lipinski definition) is 0. The van der Waals surface area contributed by atoms with Gasteiger partial charge in [-0.1, -0.05) is 11.6 Å². The van der Waals surface area contributed by atoms with Gasteiger partial charge in [0.15, 0.2) is 5.78 Å². The Morgan fingerprint density at radius 1 is 1.39 bits per heavy atom. The van der Waals surface area contributed by atoms with Gasteiger partial charge in [-0.3, -0.25) is 9.59 Å². The van der Waals surface area contributed by atoms with Gasteiger partial charge in [-0.2, -0.15) is 0 Å². The highest BCUT2D eigenvalue weighted by Gasteiger charge is 2.11. The van der Waals surface area contributed by atoms with E-state index >= 15 is 0 Å². The van der Waals surface area contributed by atoms with Crippen molar-refractivity contribution in [3.8, 4) is 5.75 Å². The van der Waals surface area contributed by atoms with Crippen LogP contribution in [0.4, 0.5) is 4.39 Å². The Morgan fingerprint density at radius 2 is 2.11 bits per heavy atom. The van der Waals surface area contributed by atoms with Crippen LogP contribution in [0.25, 0.3) is 0 Å². The molecule has 0 amide bonds. The van der Waals surface area contributed by atoms with E-state index in [0.29, 0.717) is 0 Å². The summed E-state index contributed by atoms with van der Waals surface area (Å²) in [6.45, 7) is 1.55. The number of benzene rings is 1. The van der Waals surface area contributed by atoms with E-state index in [-0.39, 0.29) is 30.4 Å². The first-order valence-corrected chi connectivity index (χ1v) is 5.66. The second-order valence-electron chi connectivity index (χ2n) is 3.39. The van der Waals surface area contributed by atoms with Crippen molar-refractivity contribution < 1.29 is 23.5 Å². The molecule has 0 aliphatic rings. The van der Waals surface area contributed by atoms with Crippen molar-refractivity contribution >= 4 is 23.4 Å². The van der Waals surface area contributed by atoms with Gasteiger partial charge in [-0.15, -0.1) is 0 Å². The quantitative estimate of drug-likeness (QED) is 0.590. The van der Waals surface area contributed by atoms with Gasteiger partial charge in [0.2, 0.25) is 0 Å². The summed E-state index contributed by atoms with van der Waals surface area (Å²) in [5.74, 6) is -1.50. The minimum absolute atomic E-state index is 0.0276. The predicted molar refractivity (Wildman–Crippen MR) is 63.2 cm³/mol. The number of halogens is 2. The zero-order valence-electron chi connectivity index (χ0n) is 9.74. The Morgan fingerprint density at radius 3 is 2.72 bits per heavy atom. The van der Waals surface area contributed by atoms with Crippen molar-refractivity contribution in [1.29, 1.82) is 0 Å². The number of rotatable bonds is 6. The molecule has 1 rings (SSSR count). The molecule has 1 aromatic carbocycles. The largest absolute Gasteiger partial charge is 0.486 e. The molecule has 0 aliphatic heterocycles. The van der Waals surface area contributed by atoms with E-state index in [1.165, 1.54) is 12.1 Å². The first kappa shape index (κ1) is 14.4. The zero-order chi connectivity index (χ0) is 13.5. The van der Waals surface area contributed by atoms with Crippen LogP contribution in [-0.4, -0.2) is 25.0 Å². The molecule has 6 heteroatoms. The molecular formula is C12H12ClFO4. The fourth-order valence-electron chi connectivity index (χ4n) is 1.15. The molecule has 0 radical (unpaired) electrons. The molecule has 0 spiro atoms. The summed E-state index contributed by atoms with van der Waals surface area (Å²) in [7, 11) is 0. The third-order valence-corrected chi connectivity index (χ3v) is 2.24. The number of Topliss-reactive ketones (excluding diaryl/α,β-unsaturated/α-hetero) is 1. The van der Waals surface area contributed by atoms with Crippen molar-refractivity contribution in [2.24, 2.45) is 0 Å². The van der Waals surface area contributed by atoms with Gasteiger partial charge in [-0.25, -0.2) is 4.39 Å². The number of carbonyl (C=O) groups excluding carboxylic acids is 2. The van der Waals surface area contributed by atoms with Gasteiger partial charge in [0.1, 0.15) is 24.6 Å². The molecule has 0 heterocycles. The van der Waals surface area contributed by atoms with Gasteiger partial charge in [0.05, 0.1) is 11.6 Å². The zero-order valence-corrected chi connectivity index (χ0v) is 10.5. The molecule has 0 aliphatic carbocycles. The molecule has 0 saturated carbocycles. The molecule has 4 nitrogen and oxygen atoms in total. The van der Waals surface area contributed by atoms with Crippen molar-refractivity contribution in [1.82, 2.24) is 0 Å². The molecule has 0 atom stereocenters. The number of carbonyl (C=O) groups is 2. The van der Waals surface area contributed by atoms with Gasteiger partial charge in [0, 0.05) is 6.07 Å². The van der Waals surface area contributed by atoms with Crippen LogP contribution in [0.2, 0.25) is 5.02 Å². The number of hydrogen-bond acceptors (Lipinski definition) is 4. The first-order chi connectivity index (χ1) is 8.52. The second kappa shape index (κ2) is 6.96. The van der Waals surface area contributed by atoms with E-state index in [4.69, 9.17) is 16.3 Å². The number of ketones is 1. The summed E-state index contributed by atoms with van der Waals surface area (Å²) >= 11 is 5.49. The average Bonchev–Trinajstić information content (AvgIpc) is 2.31. The summed E-state index contributed by atoms with van der Waals surface area (Å²) in [5, 5.41) is -0.0276. The van der Waals surface area contributed by atoms with Crippen LogP contribution in [0.1, 0.15) is 13.3 Å². The van der Waals surface area contributed by atoms with Crippen molar-refractivity contribution in [3.63, 3.8) is 0 Å². The topological polar surface area (TPSA) is 52.6 Å². The lowest BCUT2D eigenvalue weighted by molar-refractivity contribution is -0.145. The SMILES string of the molecule is CCOC(=O)CC(=O)COc1ccc(Cl)c(F)c1. The van der Waals surface area contributed by atoms with Crippen molar-refractivity contribution in [2.75, 3.05) is 13.2 Å². The standard InChI is InChI=1S/C12H12ClFO4/c1-2-17-12(16)5-8(15)7-18-9-3-4-10(13)11(14)6-9/h3-4,6H,2,5,7H2,1H3. The van der Waals surface area contributed by atoms with Gasteiger partial charge in [0.25, 0.3) is 0 Å². The van der Waals surface area contributed by atoms with Gasteiger partial charge in [-0.05, 0) is 19.1 Å². The normalized spacial score (nSPS) is 9.94. The third kappa shape index (κ3) is 4.71. The van der Waals surface area contributed by atoms with E-state index in [2.05, 4.69) is 4.74 Å². The van der Waals surface area contributed by atoms with Gasteiger partial charge >= 0.3 is 5.97 Å². The third-order valence-electron chi connectivity index (χ3n) is 1.94. The highest BCUT2D eigenvalue weighted by molar-refractivity contribution is 6.30. The van der Waals surface area contributed by atoms with Crippen LogP contribution in [0.15, 0.2) is 18.2 Å². The number of ether oxygens (including phenoxy) is 2. The minimum Gasteiger partial charge on any atom is -0.486 e. The fraction of sp³-hybridized carbons (Fsp3) is 0.333. The Kier molecular flexibility index (Phi) is 5.58. The summed E-state index contributed by atoms with van der Waals surface area (Å²) in [6, 6.07) is 3.82. The molecule has 0 saturated heterocycles. The highest BCUT2D eigenvalue weighted by Crippen LogP contribution is 2.20. The molecule has 18 heavy (non-hydrogen) atoms. The maximum atomic E-state index is 13.0. The predicted octanol–water partition coefficient (Wildman–Crippen LogP) is 2.38. The summed E-state index contributed by atoms with van der Waals surface area (Å²) in [4.78, 5) is 22.3. The van der Waals surface area contributed by atoms with Crippen LogP contribution < -0.4 is 4.74 Å². The Labute approximate surface area is 109 Å². The van der Waals surface area contributed by atoms with E-state index in [9.17, 15) is 14.0 Å². The van der Waals surface area contributed by atoms with Gasteiger partial charge < -0.3 is 9.47 Å². The summed E-state index contributed by atoms with van der Waals surface area (Å²) in [6.07, 6.45) is -0.357. The van der Waals surface area contributed by atoms with E-state index in [0.717, 1.165) is 6.07 Å². The molecule has 0 N–H and O–H groups in total. The van der Waals surface area contributed by atoms with Crippen molar-refractivity contribution in [3.05, 3.63) is 29.0 Å². The van der Waals surface area contributed by atoms with Crippen LogP contribution >= 0.6 is 11.6 Å². The fourth-order valence-corrected chi connectivity index (χ4v) is 1.27. The second-order valence-corrected chi connectivity index (χ2v) is 3.79. The molecule has 0 aromatic heterocycles. The van der Waals surface area contributed by atoms with E-state index in [1.54, 1.807) is 6.92 Å². The molecule has 0 fully saturated rings. The lowest BCUT2D eigenvalue weighted by Crippen LogP contribution is -2.17. The lowest BCUT2D eigenvalue weighted by Gasteiger charge is -2.06. The van der Waals surface area contributed by atoms with E-state index < -0.39 is 17.6 Å². The lowest BCUT2D eigenvalue weighted by atomic mass is 10.3. The summed E-state index contributed by atoms with van der Waals surface area (Å²) < 4.78 is 22.7. The number of esters is 1. The molecule has 1 aromatic rings. The van der Waals surface area contributed by atoms with Crippen molar-refractivity contribution in [2.45, 2.75) is 13.3 Å². The van der Waals surface area contributed by atoms with E-state index in [1.807, 2.05) is 0 Å². The maximum absolute atomic E-state index is 13.0. The highest BCUT2D eigenvalue weighted by atomic mass is 35.5. The van der Waals surface area contributed by atoms with Crippen LogP contribution in [0, 0.1) is 5.82 Å². The average molecular weight is 275 g/mol. The summed E-state index contributed by atoms with van der Waals surface area (Å²) in [5.41, 5.74) is 0. The molecule has 0 bridgehead atoms. The van der Waals surface area contributed by atoms with Crippen LogP contribution in [-0.2, 0) is 14.3 Å². The Hall–Kier alpha value is -1.62. The first-order valence-electron chi connectivity index (χ1n) is 5.28. The Bertz CT molecular complexity index is 448. The molecule has 98 valence electrons.